The van der Waals surface area contributed by atoms with Gasteiger partial charge in [0.1, 0.15) is 22.2 Å². The predicted molar refractivity (Wildman–Crippen MR) is 108 cm³/mol. The van der Waals surface area contributed by atoms with Gasteiger partial charge in [0, 0.05) is 10.4 Å². The first-order valence-electron chi connectivity index (χ1n) is 8.92. The van der Waals surface area contributed by atoms with Gasteiger partial charge in [0.15, 0.2) is 0 Å². The molecule has 0 amide bonds. The van der Waals surface area contributed by atoms with Gasteiger partial charge in [-0.1, -0.05) is 0 Å². The molecule has 6 nitrogen and oxygen atoms in total. The molecule has 1 aliphatic carbocycles. The maximum atomic E-state index is 13.1. The van der Waals surface area contributed by atoms with Crippen LogP contribution in [0.2, 0.25) is 0 Å². The second-order valence-corrected chi connectivity index (χ2v) is 7.60. The summed E-state index contributed by atoms with van der Waals surface area (Å²) < 4.78 is 12.0. The predicted octanol–water partition coefficient (Wildman–Crippen LogP) is 3.54. The number of ether oxygens (including phenoxy) is 2. The average Bonchev–Trinajstić information content (AvgIpc) is 3.05. The molecule has 0 atom stereocenters. The molecule has 1 aromatic carbocycles. The fourth-order valence-corrected chi connectivity index (χ4v) is 4.79. The third-order valence-corrected chi connectivity index (χ3v) is 6.06. The number of aryl methyl sites for hydroxylation is 3. The normalized spacial score (nSPS) is 13.9. The lowest BCUT2D eigenvalue weighted by atomic mass is 9.97. The lowest BCUT2D eigenvalue weighted by molar-refractivity contribution is 0.402. The zero-order chi connectivity index (χ0) is 19.0. The van der Waals surface area contributed by atoms with E-state index in [1.165, 1.54) is 21.5 Å². The van der Waals surface area contributed by atoms with E-state index in [1.54, 1.807) is 38.7 Å². The van der Waals surface area contributed by atoms with Crippen LogP contribution in [0.1, 0.15) is 34.7 Å². The van der Waals surface area contributed by atoms with Crippen molar-refractivity contribution in [1.29, 1.82) is 0 Å². The lowest BCUT2D eigenvalue weighted by Gasteiger charge is -2.10. The summed E-state index contributed by atoms with van der Waals surface area (Å²) in [6, 6.07) is 5.45. The van der Waals surface area contributed by atoms with Crippen LogP contribution in [0.5, 0.6) is 11.5 Å². The second-order valence-electron chi connectivity index (χ2n) is 6.52. The minimum absolute atomic E-state index is 0.102. The second kappa shape index (κ2) is 7.15. The van der Waals surface area contributed by atoms with Crippen molar-refractivity contribution in [3.8, 4) is 11.5 Å². The zero-order valence-electron chi connectivity index (χ0n) is 15.6. The lowest BCUT2D eigenvalue weighted by Crippen LogP contribution is -2.21. The van der Waals surface area contributed by atoms with Crippen LogP contribution in [-0.4, -0.2) is 30.1 Å². The van der Waals surface area contributed by atoms with Crippen LogP contribution in [0.15, 0.2) is 28.1 Å². The quantitative estimate of drug-likeness (QED) is 0.647. The van der Waals surface area contributed by atoms with Gasteiger partial charge in [-0.2, -0.15) is 9.78 Å². The molecule has 1 aliphatic rings. The van der Waals surface area contributed by atoms with Gasteiger partial charge in [-0.25, -0.2) is 4.98 Å². The Hall–Kier alpha value is -2.67. The molecule has 0 spiro atoms. The highest BCUT2D eigenvalue weighted by atomic mass is 32.1. The Bertz CT molecular complexity index is 1100. The third-order valence-electron chi connectivity index (χ3n) is 4.88. The van der Waals surface area contributed by atoms with Crippen molar-refractivity contribution < 1.29 is 9.47 Å². The van der Waals surface area contributed by atoms with Crippen LogP contribution >= 0.6 is 11.3 Å². The average molecular weight is 383 g/mol. The Kier molecular flexibility index (Phi) is 4.70. The smallest absolute Gasteiger partial charge is 0.283 e. The first kappa shape index (κ1) is 17.7. The molecule has 2 heterocycles. The van der Waals surface area contributed by atoms with Crippen molar-refractivity contribution in [1.82, 2.24) is 9.66 Å². The van der Waals surface area contributed by atoms with Crippen molar-refractivity contribution in [3.63, 3.8) is 0 Å². The molecule has 0 N–H and O–H groups in total. The van der Waals surface area contributed by atoms with E-state index < -0.39 is 0 Å². The van der Waals surface area contributed by atoms with Crippen LogP contribution in [0, 0.1) is 6.92 Å². The number of benzene rings is 1. The van der Waals surface area contributed by atoms with Gasteiger partial charge < -0.3 is 9.47 Å². The summed E-state index contributed by atoms with van der Waals surface area (Å²) >= 11 is 1.65. The topological polar surface area (TPSA) is 65.7 Å². The molecular formula is C20H21N3O3S. The molecule has 27 heavy (non-hydrogen) atoms. The monoisotopic (exact) mass is 383 g/mol. The maximum absolute atomic E-state index is 13.1. The molecule has 2 aromatic heterocycles. The highest BCUT2D eigenvalue weighted by molar-refractivity contribution is 7.18. The van der Waals surface area contributed by atoms with Gasteiger partial charge >= 0.3 is 0 Å². The fraction of sp³-hybridized carbons (Fsp3) is 0.350. The van der Waals surface area contributed by atoms with E-state index in [0.717, 1.165) is 35.0 Å². The van der Waals surface area contributed by atoms with Crippen molar-refractivity contribution in [2.75, 3.05) is 14.2 Å². The summed E-state index contributed by atoms with van der Waals surface area (Å²) in [5.41, 5.74) is 1.80. The van der Waals surface area contributed by atoms with Crippen molar-refractivity contribution >= 4 is 27.8 Å². The van der Waals surface area contributed by atoms with Crippen LogP contribution < -0.4 is 15.0 Å². The number of nitrogens with zero attached hydrogens (tertiary/aromatic N) is 3. The molecular weight excluding hydrogens is 362 g/mol. The molecule has 0 aliphatic heterocycles. The van der Waals surface area contributed by atoms with E-state index in [9.17, 15) is 4.79 Å². The van der Waals surface area contributed by atoms with E-state index in [4.69, 9.17) is 9.47 Å². The van der Waals surface area contributed by atoms with Gasteiger partial charge in [0.25, 0.3) is 5.56 Å². The van der Waals surface area contributed by atoms with E-state index in [1.807, 2.05) is 18.2 Å². The van der Waals surface area contributed by atoms with Crippen LogP contribution in [0.3, 0.4) is 0 Å². The molecule has 0 unspecified atom stereocenters. The zero-order valence-corrected chi connectivity index (χ0v) is 16.4. The summed E-state index contributed by atoms with van der Waals surface area (Å²) in [4.78, 5) is 19.9. The minimum Gasteiger partial charge on any atom is -0.497 e. The van der Waals surface area contributed by atoms with Crippen molar-refractivity contribution in [3.05, 3.63) is 50.4 Å². The van der Waals surface area contributed by atoms with Gasteiger partial charge in [-0.15, -0.1) is 11.3 Å². The number of rotatable bonds is 4. The highest BCUT2D eigenvalue weighted by Gasteiger charge is 2.21. The summed E-state index contributed by atoms with van der Waals surface area (Å²) in [7, 11) is 3.21. The van der Waals surface area contributed by atoms with E-state index in [2.05, 4.69) is 10.1 Å². The Morgan fingerprint density at radius 3 is 2.81 bits per heavy atom. The first-order valence-corrected chi connectivity index (χ1v) is 9.74. The third kappa shape index (κ3) is 3.12. The Balaban J connectivity index is 1.83. The Morgan fingerprint density at radius 1 is 1.22 bits per heavy atom. The Morgan fingerprint density at radius 2 is 2.04 bits per heavy atom. The Labute approximate surface area is 161 Å². The summed E-state index contributed by atoms with van der Waals surface area (Å²) in [6.07, 6.45) is 5.90. The van der Waals surface area contributed by atoms with Gasteiger partial charge in [0.05, 0.1) is 25.8 Å². The summed E-state index contributed by atoms with van der Waals surface area (Å²) in [5.74, 6) is 1.93. The number of fused-ring (bicyclic) bond motifs is 3. The molecule has 0 saturated carbocycles. The van der Waals surface area contributed by atoms with E-state index in [-0.39, 0.29) is 5.56 Å². The number of hydrogen-bond donors (Lipinski definition) is 0. The molecule has 4 rings (SSSR count). The van der Waals surface area contributed by atoms with E-state index >= 15 is 0 Å². The SMILES string of the molecule is COc1ccc(OC)c(C=Nn2c(C)nc3sc4c(c3c2=O)CCCC4)c1. The highest BCUT2D eigenvalue weighted by Crippen LogP contribution is 2.33. The molecule has 3 aromatic rings. The number of thiophene rings is 1. The van der Waals surface area contributed by atoms with Gasteiger partial charge in [-0.3, -0.25) is 4.79 Å². The molecule has 0 radical (unpaired) electrons. The van der Waals surface area contributed by atoms with Crippen LogP contribution in [-0.2, 0) is 12.8 Å². The first-order chi connectivity index (χ1) is 13.1. The van der Waals surface area contributed by atoms with E-state index in [0.29, 0.717) is 17.3 Å². The molecule has 0 fully saturated rings. The van der Waals surface area contributed by atoms with Crippen molar-refractivity contribution in [2.45, 2.75) is 32.6 Å². The number of aromatic nitrogens is 2. The van der Waals surface area contributed by atoms with Gasteiger partial charge in [0.2, 0.25) is 0 Å². The molecule has 0 saturated heterocycles. The number of methoxy groups -OCH3 is 2. The molecule has 140 valence electrons. The molecule has 0 bridgehead atoms. The van der Waals surface area contributed by atoms with Crippen molar-refractivity contribution in [2.24, 2.45) is 5.10 Å². The fourth-order valence-electron chi connectivity index (χ4n) is 3.49. The largest absolute Gasteiger partial charge is 0.497 e. The van der Waals surface area contributed by atoms with Crippen LogP contribution in [0.25, 0.3) is 10.2 Å². The minimum atomic E-state index is -0.102. The maximum Gasteiger partial charge on any atom is 0.283 e. The summed E-state index contributed by atoms with van der Waals surface area (Å²) in [5, 5.41) is 5.16. The van der Waals surface area contributed by atoms with Crippen LogP contribution in [0.4, 0.5) is 0 Å². The summed E-state index contributed by atoms with van der Waals surface area (Å²) in [6.45, 7) is 1.81. The standard InChI is InChI=1S/C20H21N3O3S/c1-12-22-19-18(15-6-4-5-7-17(15)27-19)20(24)23(12)21-11-13-10-14(25-2)8-9-16(13)26-3/h8-11H,4-7H2,1-3H3. The van der Waals surface area contributed by atoms with Gasteiger partial charge in [-0.05, 0) is 56.4 Å². The molecule has 7 heteroatoms. The number of hydrogen-bond acceptors (Lipinski definition) is 6.